The molecule has 2 aliphatic heterocycles. The second-order valence-corrected chi connectivity index (χ2v) is 9.90. The monoisotopic (exact) mass is 558 g/mol. The van der Waals surface area contributed by atoms with E-state index in [-0.39, 0.29) is 28.4 Å². The summed E-state index contributed by atoms with van der Waals surface area (Å²) in [7, 11) is 0. The average Bonchev–Trinajstić information content (AvgIpc) is 3.16. The van der Waals surface area contributed by atoms with E-state index in [4.69, 9.17) is 9.47 Å². The molecule has 11 nitrogen and oxygen atoms in total. The minimum Gasteiger partial charge on any atom is -0.508 e. The number of aromatic hydroxyl groups is 6. The Hall–Kier alpha value is -5.42. The minimum absolute atomic E-state index is 0.0377. The molecule has 0 spiro atoms. The zero-order valence-electron chi connectivity index (χ0n) is 21.0. The van der Waals surface area contributed by atoms with Crippen molar-refractivity contribution in [1.29, 1.82) is 0 Å². The van der Waals surface area contributed by atoms with Gasteiger partial charge in [-0.15, -0.1) is 0 Å². The molecule has 0 unspecified atom stereocenters. The predicted octanol–water partition coefficient (Wildman–Crippen LogP) is 3.53. The smallest absolute Gasteiger partial charge is 0.277 e. The molecule has 3 atom stereocenters. The van der Waals surface area contributed by atoms with E-state index in [0.29, 0.717) is 11.1 Å². The zero-order chi connectivity index (χ0) is 29.2. The molecule has 0 bridgehead atoms. The Labute approximate surface area is 231 Å². The first-order valence-electron chi connectivity index (χ1n) is 12.4. The summed E-state index contributed by atoms with van der Waals surface area (Å²) in [6.45, 7) is 0. The molecule has 0 amide bonds. The fourth-order valence-corrected chi connectivity index (χ4v) is 5.32. The number of ketones is 2. The summed E-state index contributed by atoms with van der Waals surface area (Å²) in [4.78, 5) is 27.3. The van der Waals surface area contributed by atoms with Crippen molar-refractivity contribution >= 4 is 11.6 Å². The first-order valence-corrected chi connectivity index (χ1v) is 12.4. The van der Waals surface area contributed by atoms with Crippen LogP contribution in [0.5, 0.6) is 46.0 Å². The number of carbonyl (C=O) groups is 2. The molecule has 2 aliphatic rings. The van der Waals surface area contributed by atoms with Gasteiger partial charge in [0, 0.05) is 24.6 Å². The lowest BCUT2D eigenvalue weighted by Crippen LogP contribution is -2.42. The van der Waals surface area contributed by atoms with Crippen LogP contribution in [0.15, 0.2) is 66.7 Å². The SMILES string of the molecule is O=C1c2c(O)cc(O)cc2O[C@H](c2c(O)cc(O)c3c2O[C@@](O)(Cc2ccc(O)cc2)C3=O)[C@H]1c1ccc(O)cc1. The molecule has 0 aromatic heterocycles. The third-order valence-corrected chi connectivity index (χ3v) is 7.20. The molecule has 7 N–H and O–H groups in total. The van der Waals surface area contributed by atoms with Crippen molar-refractivity contribution in [2.24, 2.45) is 0 Å². The first kappa shape index (κ1) is 25.8. The lowest BCUT2D eigenvalue weighted by Gasteiger charge is -2.34. The Morgan fingerprint density at radius 1 is 0.707 bits per heavy atom. The van der Waals surface area contributed by atoms with Gasteiger partial charge in [0.1, 0.15) is 63.2 Å². The van der Waals surface area contributed by atoms with Crippen molar-refractivity contribution < 1.29 is 54.8 Å². The van der Waals surface area contributed by atoms with Crippen LogP contribution in [0.25, 0.3) is 0 Å². The molecule has 6 rings (SSSR count). The maximum Gasteiger partial charge on any atom is 0.277 e. The number of aliphatic hydroxyl groups is 1. The van der Waals surface area contributed by atoms with Crippen LogP contribution >= 0.6 is 0 Å². The van der Waals surface area contributed by atoms with Crippen molar-refractivity contribution in [3.05, 3.63) is 94.5 Å². The predicted molar refractivity (Wildman–Crippen MR) is 140 cm³/mol. The molecule has 0 saturated heterocycles. The lowest BCUT2D eigenvalue weighted by molar-refractivity contribution is -0.0899. The van der Waals surface area contributed by atoms with Crippen molar-refractivity contribution in [1.82, 2.24) is 0 Å². The molecule has 208 valence electrons. The van der Waals surface area contributed by atoms with E-state index < -0.39 is 70.1 Å². The lowest BCUT2D eigenvalue weighted by atomic mass is 9.79. The Bertz CT molecular complexity index is 1730. The van der Waals surface area contributed by atoms with Crippen LogP contribution in [0.3, 0.4) is 0 Å². The third kappa shape index (κ3) is 4.10. The highest BCUT2D eigenvalue weighted by atomic mass is 16.6. The number of benzene rings is 4. The Kier molecular flexibility index (Phi) is 5.71. The first-order chi connectivity index (χ1) is 19.5. The second kappa shape index (κ2) is 9.07. The second-order valence-electron chi connectivity index (χ2n) is 9.90. The van der Waals surface area contributed by atoms with Gasteiger partial charge in [-0.25, -0.2) is 0 Å². The van der Waals surface area contributed by atoms with Gasteiger partial charge in [0.25, 0.3) is 5.79 Å². The van der Waals surface area contributed by atoms with E-state index in [1.165, 1.54) is 48.5 Å². The summed E-state index contributed by atoms with van der Waals surface area (Å²) in [5, 5.41) is 72.9. The topological polar surface area (TPSA) is 194 Å². The molecule has 0 saturated carbocycles. The number of ether oxygens (including phenoxy) is 2. The molecule has 41 heavy (non-hydrogen) atoms. The van der Waals surface area contributed by atoms with Crippen molar-refractivity contribution in [2.75, 3.05) is 0 Å². The molecule has 0 radical (unpaired) electrons. The number of hydrogen-bond donors (Lipinski definition) is 7. The molecule has 0 aliphatic carbocycles. The van der Waals surface area contributed by atoms with Crippen LogP contribution in [-0.4, -0.2) is 53.1 Å². The van der Waals surface area contributed by atoms with Gasteiger partial charge in [-0.3, -0.25) is 9.59 Å². The van der Waals surface area contributed by atoms with E-state index in [0.717, 1.165) is 18.2 Å². The van der Waals surface area contributed by atoms with Gasteiger partial charge in [-0.05, 0) is 35.4 Å². The van der Waals surface area contributed by atoms with Gasteiger partial charge in [0.05, 0.1) is 11.5 Å². The van der Waals surface area contributed by atoms with Crippen LogP contribution in [0, 0.1) is 0 Å². The number of phenols is 6. The Morgan fingerprint density at radius 2 is 1.32 bits per heavy atom. The zero-order valence-corrected chi connectivity index (χ0v) is 21.0. The van der Waals surface area contributed by atoms with Gasteiger partial charge >= 0.3 is 0 Å². The van der Waals surface area contributed by atoms with Gasteiger partial charge in [0.15, 0.2) is 5.78 Å². The molecule has 0 fully saturated rings. The van der Waals surface area contributed by atoms with Crippen LogP contribution in [0.4, 0.5) is 0 Å². The van der Waals surface area contributed by atoms with Gasteiger partial charge in [-0.2, -0.15) is 0 Å². The van der Waals surface area contributed by atoms with Crippen LogP contribution < -0.4 is 9.47 Å². The standard InChI is InChI=1S/C30H22O11/c31-15-5-1-13(2-6-15)12-30(39)29(38)25-20(36)11-19(35)24(28(25)41-30)27-22(14-3-7-16(32)8-4-14)26(37)23-18(34)9-17(33)10-21(23)40-27/h1-11,22,27,31-36,39H,12H2/t22-,27-,30-/m0/s1. The van der Waals surface area contributed by atoms with Crippen LogP contribution in [0.2, 0.25) is 0 Å². The van der Waals surface area contributed by atoms with Gasteiger partial charge < -0.3 is 45.2 Å². The summed E-state index contributed by atoms with van der Waals surface area (Å²) in [6.07, 6.45) is -1.85. The number of Topliss-reactive ketones (excluding diaryl/α,β-unsaturated/α-hetero) is 2. The van der Waals surface area contributed by atoms with E-state index >= 15 is 0 Å². The number of hydrogen-bond acceptors (Lipinski definition) is 11. The van der Waals surface area contributed by atoms with E-state index in [1.54, 1.807) is 0 Å². The van der Waals surface area contributed by atoms with Gasteiger partial charge in [-0.1, -0.05) is 24.3 Å². The molecule has 11 heteroatoms. The molecular weight excluding hydrogens is 536 g/mol. The number of rotatable bonds is 4. The highest BCUT2D eigenvalue weighted by Crippen LogP contribution is 2.55. The fourth-order valence-electron chi connectivity index (χ4n) is 5.32. The minimum atomic E-state index is -2.53. The Morgan fingerprint density at radius 3 is 1.98 bits per heavy atom. The number of fused-ring (bicyclic) bond motifs is 2. The van der Waals surface area contributed by atoms with E-state index in [1.807, 2.05) is 0 Å². The summed E-state index contributed by atoms with van der Waals surface area (Å²) < 4.78 is 11.8. The third-order valence-electron chi connectivity index (χ3n) is 7.20. The van der Waals surface area contributed by atoms with E-state index in [9.17, 15) is 45.3 Å². The molecular formula is C30H22O11. The van der Waals surface area contributed by atoms with Crippen molar-refractivity contribution in [2.45, 2.75) is 24.2 Å². The maximum atomic E-state index is 13.9. The van der Waals surface area contributed by atoms with Crippen molar-refractivity contribution in [3.8, 4) is 46.0 Å². The number of carbonyl (C=O) groups excluding carboxylic acids is 2. The Balaban J connectivity index is 1.52. The molecule has 4 aromatic carbocycles. The summed E-state index contributed by atoms with van der Waals surface area (Å²) >= 11 is 0. The van der Waals surface area contributed by atoms with Gasteiger partial charge in [0.2, 0.25) is 5.78 Å². The normalized spacial score (nSPS) is 21.1. The van der Waals surface area contributed by atoms with Crippen LogP contribution in [0.1, 0.15) is 49.4 Å². The average molecular weight is 558 g/mol. The summed E-state index contributed by atoms with van der Waals surface area (Å²) in [5.74, 6) is -8.57. The molecule has 4 aromatic rings. The molecule has 2 heterocycles. The summed E-state index contributed by atoms with van der Waals surface area (Å²) in [6, 6.07) is 14.1. The highest BCUT2D eigenvalue weighted by molar-refractivity contribution is 6.10. The fraction of sp³-hybridized carbons (Fsp3) is 0.133. The quantitative estimate of drug-likeness (QED) is 0.194. The largest absolute Gasteiger partial charge is 0.508 e. The van der Waals surface area contributed by atoms with Crippen LogP contribution in [-0.2, 0) is 6.42 Å². The number of phenolic OH excluding ortho intramolecular Hbond substituents is 6. The summed E-state index contributed by atoms with van der Waals surface area (Å²) in [5.41, 5.74) is -0.256. The van der Waals surface area contributed by atoms with Crippen molar-refractivity contribution in [3.63, 3.8) is 0 Å². The highest BCUT2D eigenvalue weighted by Gasteiger charge is 2.53. The van der Waals surface area contributed by atoms with E-state index in [2.05, 4.69) is 0 Å². The maximum absolute atomic E-state index is 13.9.